The summed E-state index contributed by atoms with van der Waals surface area (Å²) >= 11 is 5.97. The largest absolute Gasteiger partial charge is 0.483 e. The predicted molar refractivity (Wildman–Crippen MR) is 106 cm³/mol. The van der Waals surface area contributed by atoms with Crippen LogP contribution in [0.4, 0.5) is 0 Å². The number of nitrogens with one attached hydrogen (secondary N) is 2. The van der Waals surface area contributed by atoms with Gasteiger partial charge in [0.05, 0.1) is 0 Å². The summed E-state index contributed by atoms with van der Waals surface area (Å²) in [7, 11) is 0. The van der Waals surface area contributed by atoms with Crippen LogP contribution in [0.1, 0.15) is 11.1 Å². The van der Waals surface area contributed by atoms with Crippen molar-refractivity contribution in [3.05, 3.63) is 58.6 Å². The lowest BCUT2D eigenvalue weighted by molar-refractivity contribution is -0.130. The van der Waals surface area contributed by atoms with Gasteiger partial charge in [-0.3, -0.25) is 20.4 Å². The number of tetrazole rings is 1. The number of hydrogen-bond acceptors (Lipinski definition) is 6. The second-order valence-corrected chi connectivity index (χ2v) is 6.70. The molecule has 0 saturated heterocycles. The van der Waals surface area contributed by atoms with Crippen molar-refractivity contribution in [3.8, 4) is 17.1 Å². The molecular weight excluding hydrogens is 396 g/mol. The van der Waals surface area contributed by atoms with Gasteiger partial charge in [-0.25, -0.2) is 0 Å². The Bertz CT molecular complexity index is 999. The van der Waals surface area contributed by atoms with E-state index in [-0.39, 0.29) is 13.2 Å². The first-order valence-corrected chi connectivity index (χ1v) is 9.10. The van der Waals surface area contributed by atoms with Gasteiger partial charge in [0.15, 0.2) is 6.61 Å². The molecule has 0 saturated carbocycles. The molecule has 2 amide bonds. The standard InChI is InChI=1S/C19H19ClN6O3/c1-12-8-15(20)9-13(2)18(12)29-11-17(28)22-21-16(27)10-26-24-19(23-25-26)14-6-4-3-5-7-14/h3-9H,10-11H2,1-2H3,(H,21,27)(H,22,28). The Morgan fingerprint density at radius 1 is 1.07 bits per heavy atom. The molecule has 0 spiro atoms. The Morgan fingerprint density at radius 2 is 1.72 bits per heavy atom. The summed E-state index contributed by atoms with van der Waals surface area (Å²) in [6.07, 6.45) is 0. The van der Waals surface area contributed by atoms with Gasteiger partial charge in [0.1, 0.15) is 12.3 Å². The van der Waals surface area contributed by atoms with Crippen molar-refractivity contribution >= 4 is 23.4 Å². The molecule has 2 N–H and O–H groups in total. The number of halogens is 1. The van der Waals surface area contributed by atoms with Crippen LogP contribution >= 0.6 is 11.6 Å². The van der Waals surface area contributed by atoms with Crippen LogP contribution in [-0.2, 0) is 16.1 Å². The van der Waals surface area contributed by atoms with Gasteiger partial charge >= 0.3 is 0 Å². The van der Waals surface area contributed by atoms with Crippen LogP contribution < -0.4 is 15.6 Å². The highest BCUT2D eigenvalue weighted by Crippen LogP contribution is 2.26. The third-order valence-corrected chi connectivity index (χ3v) is 4.10. The van der Waals surface area contributed by atoms with Crippen LogP contribution in [0.3, 0.4) is 0 Å². The number of ether oxygens (including phenoxy) is 1. The van der Waals surface area contributed by atoms with Crippen LogP contribution in [0.25, 0.3) is 11.4 Å². The van der Waals surface area contributed by atoms with Crippen LogP contribution in [0.2, 0.25) is 5.02 Å². The molecule has 0 aliphatic heterocycles. The molecular formula is C19H19ClN6O3. The van der Waals surface area contributed by atoms with Crippen molar-refractivity contribution < 1.29 is 14.3 Å². The Balaban J connectivity index is 1.46. The van der Waals surface area contributed by atoms with E-state index < -0.39 is 11.8 Å². The lowest BCUT2D eigenvalue weighted by Gasteiger charge is -2.13. The van der Waals surface area contributed by atoms with Crippen LogP contribution in [-0.4, -0.2) is 38.6 Å². The fourth-order valence-electron chi connectivity index (χ4n) is 2.62. The van der Waals surface area contributed by atoms with E-state index in [4.69, 9.17) is 16.3 Å². The number of aryl methyl sites for hydroxylation is 2. The van der Waals surface area contributed by atoms with E-state index in [0.29, 0.717) is 16.6 Å². The lowest BCUT2D eigenvalue weighted by atomic mass is 10.1. The normalized spacial score (nSPS) is 10.4. The van der Waals surface area contributed by atoms with E-state index in [0.717, 1.165) is 21.5 Å². The molecule has 29 heavy (non-hydrogen) atoms. The first kappa shape index (κ1) is 20.3. The molecule has 0 bridgehead atoms. The van der Waals surface area contributed by atoms with Gasteiger partial charge in [0.2, 0.25) is 5.82 Å². The van der Waals surface area contributed by atoms with Gasteiger partial charge in [0.25, 0.3) is 11.8 Å². The number of carbonyl (C=O) groups is 2. The minimum absolute atomic E-state index is 0.198. The molecule has 0 aliphatic carbocycles. The van der Waals surface area contributed by atoms with Crippen molar-refractivity contribution in [3.63, 3.8) is 0 Å². The molecule has 0 fully saturated rings. The molecule has 1 aromatic heterocycles. The van der Waals surface area contributed by atoms with Crippen LogP contribution in [0.15, 0.2) is 42.5 Å². The lowest BCUT2D eigenvalue weighted by Crippen LogP contribution is -2.45. The number of carbonyl (C=O) groups excluding carboxylic acids is 2. The molecule has 0 radical (unpaired) electrons. The van der Waals surface area contributed by atoms with Crippen molar-refractivity contribution in [1.29, 1.82) is 0 Å². The van der Waals surface area contributed by atoms with E-state index in [1.54, 1.807) is 12.1 Å². The monoisotopic (exact) mass is 414 g/mol. The van der Waals surface area contributed by atoms with Crippen molar-refractivity contribution in [2.45, 2.75) is 20.4 Å². The zero-order valence-electron chi connectivity index (χ0n) is 15.8. The highest BCUT2D eigenvalue weighted by atomic mass is 35.5. The summed E-state index contributed by atoms with van der Waals surface area (Å²) in [6.45, 7) is 3.21. The van der Waals surface area contributed by atoms with E-state index >= 15 is 0 Å². The molecule has 0 aliphatic rings. The molecule has 0 atom stereocenters. The number of nitrogens with zero attached hydrogens (tertiary/aromatic N) is 4. The average Bonchev–Trinajstić information content (AvgIpc) is 3.14. The predicted octanol–water partition coefficient (Wildman–Crippen LogP) is 1.84. The number of hydrazine groups is 1. The molecule has 3 aromatic rings. The third-order valence-electron chi connectivity index (χ3n) is 3.88. The molecule has 3 rings (SSSR count). The Kier molecular flexibility index (Phi) is 6.40. The van der Waals surface area contributed by atoms with Gasteiger partial charge in [-0.05, 0) is 42.3 Å². The minimum Gasteiger partial charge on any atom is -0.483 e. The first-order chi connectivity index (χ1) is 13.9. The van der Waals surface area contributed by atoms with Crippen LogP contribution in [0, 0.1) is 13.8 Å². The van der Waals surface area contributed by atoms with Crippen molar-refractivity contribution in [2.24, 2.45) is 0 Å². The molecule has 1 heterocycles. The SMILES string of the molecule is Cc1cc(Cl)cc(C)c1OCC(=O)NNC(=O)Cn1nnc(-c2ccccc2)n1. The fourth-order valence-corrected chi connectivity index (χ4v) is 2.95. The number of amides is 2. The molecule has 150 valence electrons. The summed E-state index contributed by atoms with van der Waals surface area (Å²) in [5, 5.41) is 12.5. The zero-order chi connectivity index (χ0) is 20.8. The zero-order valence-corrected chi connectivity index (χ0v) is 16.6. The fraction of sp³-hybridized carbons (Fsp3) is 0.211. The second-order valence-electron chi connectivity index (χ2n) is 6.26. The summed E-state index contributed by atoms with van der Waals surface area (Å²) in [6, 6.07) is 12.8. The molecule has 0 unspecified atom stereocenters. The van der Waals surface area contributed by atoms with Gasteiger partial charge in [0, 0.05) is 10.6 Å². The molecule has 10 heteroatoms. The van der Waals surface area contributed by atoms with E-state index in [2.05, 4.69) is 26.3 Å². The van der Waals surface area contributed by atoms with Crippen LogP contribution in [0.5, 0.6) is 5.75 Å². The van der Waals surface area contributed by atoms with Crippen molar-refractivity contribution in [2.75, 3.05) is 6.61 Å². The maximum absolute atomic E-state index is 12.0. The molecule has 2 aromatic carbocycles. The van der Waals surface area contributed by atoms with Gasteiger partial charge in [-0.2, -0.15) is 4.80 Å². The summed E-state index contributed by atoms with van der Waals surface area (Å²) in [5.74, 6) is -0.0292. The van der Waals surface area contributed by atoms with E-state index in [1.807, 2.05) is 44.2 Å². The topological polar surface area (TPSA) is 111 Å². The number of benzene rings is 2. The Labute approximate surface area is 172 Å². The second kappa shape index (κ2) is 9.16. The van der Waals surface area contributed by atoms with Gasteiger partial charge < -0.3 is 4.74 Å². The van der Waals surface area contributed by atoms with E-state index in [9.17, 15) is 9.59 Å². The highest BCUT2D eigenvalue weighted by Gasteiger charge is 2.12. The van der Waals surface area contributed by atoms with Gasteiger partial charge in [-0.1, -0.05) is 41.9 Å². The molecule has 9 nitrogen and oxygen atoms in total. The third kappa shape index (κ3) is 5.52. The highest BCUT2D eigenvalue weighted by molar-refractivity contribution is 6.30. The quantitative estimate of drug-likeness (QED) is 0.595. The van der Waals surface area contributed by atoms with E-state index in [1.165, 1.54) is 0 Å². The smallest absolute Gasteiger partial charge is 0.276 e. The Hall–Kier alpha value is -3.46. The van der Waals surface area contributed by atoms with Gasteiger partial charge in [-0.15, -0.1) is 10.2 Å². The van der Waals surface area contributed by atoms with Crippen molar-refractivity contribution in [1.82, 2.24) is 31.1 Å². The maximum Gasteiger partial charge on any atom is 0.276 e. The number of rotatable bonds is 6. The number of hydrogen-bond donors (Lipinski definition) is 2. The summed E-state index contributed by atoms with van der Waals surface area (Å²) in [4.78, 5) is 25.0. The minimum atomic E-state index is -0.511. The Morgan fingerprint density at radius 3 is 2.41 bits per heavy atom. The first-order valence-electron chi connectivity index (χ1n) is 8.73. The summed E-state index contributed by atoms with van der Waals surface area (Å²) < 4.78 is 5.53. The average molecular weight is 415 g/mol. The number of aromatic nitrogens is 4. The summed E-state index contributed by atoms with van der Waals surface area (Å²) in [5.41, 5.74) is 6.99. The maximum atomic E-state index is 12.0.